The molecule has 2 aromatic rings. The van der Waals surface area contributed by atoms with Crippen LogP contribution in [0.5, 0.6) is 0 Å². The molecule has 0 bridgehead atoms. The predicted octanol–water partition coefficient (Wildman–Crippen LogP) is 2.49. The first-order valence-electron chi connectivity index (χ1n) is 6.54. The highest BCUT2D eigenvalue weighted by atomic mass is 35.5. The predicted molar refractivity (Wildman–Crippen MR) is 76.6 cm³/mol. The molecule has 1 atom stereocenters. The first-order chi connectivity index (χ1) is 9.28. The fourth-order valence-electron chi connectivity index (χ4n) is 2.67. The number of anilines is 1. The van der Waals surface area contributed by atoms with E-state index in [9.17, 15) is 5.11 Å². The molecule has 1 fully saturated rings. The van der Waals surface area contributed by atoms with Gasteiger partial charge in [-0.05, 0) is 37.0 Å². The van der Waals surface area contributed by atoms with Crippen LogP contribution < -0.4 is 4.90 Å². The molecule has 1 aromatic carbocycles. The van der Waals surface area contributed by atoms with Crippen LogP contribution in [-0.2, 0) is 0 Å². The Kier molecular flexibility index (Phi) is 3.53. The maximum Gasteiger partial charge on any atom is 0.139 e. The standard InChI is InChI=1S/C14H16ClN3O/c15-11-3-4-12-13(6-11)16-9-17-14(12)18-5-1-2-10(7-18)8-19/h3-4,6,9-10,19H,1-2,5,7-8H2/t10-/m0/s1. The lowest BCUT2D eigenvalue weighted by molar-refractivity contribution is 0.208. The SMILES string of the molecule is OC[C@H]1CCCN(c2ncnc3cc(Cl)ccc23)C1. The van der Waals surface area contributed by atoms with E-state index in [2.05, 4.69) is 14.9 Å². The number of aliphatic hydroxyl groups excluding tert-OH is 1. The number of piperidine rings is 1. The Bertz CT molecular complexity index is 590. The molecule has 0 unspecified atom stereocenters. The minimum atomic E-state index is 0.241. The van der Waals surface area contributed by atoms with Crippen molar-refractivity contribution in [1.29, 1.82) is 0 Å². The summed E-state index contributed by atoms with van der Waals surface area (Å²) in [6.07, 6.45) is 3.75. The van der Waals surface area contributed by atoms with Crippen LogP contribution in [0.1, 0.15) is 12.8 Å². The summed E-state index contributed by atoms with van der Waals surface area (Å²) in [5.74, 6) is 1.28. The first kappa shape index (κ1) is 12.6. The van der Waals surface area contributed by atoms with E-state index in [-0.39, 0.29) is 6.61 Å². The van der Waals surface area contributed by atoms with Crippen molar-refractivity contribution >= 4 is 28.3 Å². The van der Waals surface area contributed by atoms with Gasteiger partial charge in [-0.1, -0.05) is 11.6 Å². The number of aromatic nitrogens is 2. The maximum absolute atomic E-state index is 9.33. The molecular weight excluding hydrogens is 262 g/mol. The largest absolute Gasteiger partial charge is 0.396 e. The molecule has 1 aliphatic rings. The van der Waals surface area contributed by atoms with Crippen molar-refractivity contribution in [1.82, 2.24) is 9.97 Å². The van der Waals surface area contributed by atoms with Crippen molar-refractivity contribution in [3.63, 3.8) is 0 Å². The Morgan fingerprint density at radius 3 is 3.11 bits per heavy atom. The number of hydrogen-bond donors (Lipinski definition) is 1. The number of benzene rings is 1. The quantitative estimate of drug-likeness (QED) is 0.916. The lowest BCUT2D eigenvalue weighted by Crippen LogP contribution is -2.37. The molecule has 0 aliphatic carbocycles. The zero-order valence-corrected chi connectivity index (χ0v) is 11.3. The molecule has 1 aliphatic heterocycles. The molecule has 2 heterocycles. The number of aliphatic hydroxyl groups is 1. The van der Waals surface area contributed by atoms with E-state index in [0.29, 0.717) is 10.9 Å². The van der Waals surface area contributed by atoms with Crippen LogP contribution in [0.4, 0.5) is 5.82 Å². The molecule has 19 heavy (non-hydrogen) atoms. The molecular formula is C14H16ClN3O. The highest BCUT2D eigenvalue weighted by molar-refractivity contribution is 6.31. The fraction of sp³-hybridized carbons (Fsp3) is 0.429. The van der Waals surface area contributed by atoms with E-state index < -0.39 is 0 Å². The van der Waals surface area contributed by atoms with E-state index in [1.54, 1.807) is 6.33 Å². The van der Waals surface area contributed by atoms with Gasteiger partial charge in [0.15, 0.2) is 0 Å². The Morgan fingerprint density at radius 1 is 1.37 bits per heavy atom. The minimum absolute atomic E-state index is 0.241. The summed E-state index contributed by atoms with van der Waals surface area (Å²) in [6, 6.07) is 5.69. The highest BCUT2D eigenvalue weighted by Crippen LogP contribution is 2.28. The third-order valence-electron chi connectivity index (χ3n) is 3.65. The molecule has 0 saturated carbocycles. The van der Waals surface area contributed by atoms with Crippen molar-refractivity contribution in [2.24, 2.45) is 5.92 Å². The van der Waals surface area contributed by atoms with Crippen molar-refractivity contribution in [2.75, 3.05) is 24.6 Å². The molecule has 0 spiro atoms. The van der Waals surface area contributed by atoms with Crippen LogP contribution in [0.15, 0.2) is 24.5 Å². The summed E-state index contributed by atoms with van der Waals surface area (Å²) in [4.78, 5) is 10.9. The summed E-state index contributed by atoms with van der Waals surface area (Å²) in [7, 11) is 0. The van der Waals surface area contributed by atoms with Gasteiger partial charge in [0.25, 0.3) is 0 Å². The van der Waals surface area contributed by atoms with Gasteiger partial charge < -0.3 is 10.0 Å². The van der Waals surface area contributed by atoms with Gasteiger partial charge in [-0.15, -0.1) is 0 Å². The zero-order chi connectivity index (χ0) is 13.2. The molecule has 1 N–H and O–H groups in total. The zero-order valence-electron chi connectivity index (χ0n) is 10.6. The monoisotopic (exact) mass is 277 g/mol. The normalized spacial score (nSPS) is 19.9. The number of nitrogens with zero attached hydrogens (tertiary/aromatic N) is 3. The lowest BCUT2D eigenvalue weighted by Gasteiger charge is -2.33. The topological polar surface area (TPSA) is 49.2 Å². The van der Waals surface area contributed by atoms with Crippen molar-refractivity contribution in [2.45, 2.75) is 12.8 Å². The average molecular weight is 278 g/mol. The van der Waals surface area contributed by atoms with Gasteiger partial charge in [0, 0.05) is 30.1 Å². The third-order valence-corrected chi connectivity index (χ3v) is 3.89. The van der Waals surface area contributed by atoms with Gasteiger partial charge in [-0.3, -0.25) is 0 Å². The van der Waals surface area contributed by atoms with Crippen LogP contribution in [0.25, 0.3) is 10.9 Å². The Labute approximate surface area is 117 Å². The number of fused-ring (bicyclic) bond motifs is 1. The van der Waals surface area contributed by atoms with E-state index >= 15 is 0 Å². The van der Waals surface area contributed by atoms with E-state index in [0.717, 1.165) is 42.7 Å². The number of halogens is 1. The Hall–Kier alpha value is -1.39. The molecule has 5 heteroatoms. The molecule has 4 nitrogen and oxygen atoms in total. The first-order valence-corrected chi connectivity index (χ1v) is 6.92. The van der Waals surface area contributed by atoms with Crippen molar-refractivity contribution < 1.29 is 5.11 Å². The molecule has 3 rings (SSSR count). The molecule has 100 valence electrons. The van der Waals surface area contributed by atoms with Crippen LogP contribution >= 0.6 is 11.6 Å². The van der Waals surface area contributed by atoms with Crippen molar-refractivity contribution in [3.8, 4) is 0 Å². The minimum Gasteiger partial charge on any atom is -0.396 e. The number of rotatable bonds is 2. The van der Waals surface area contributed by atoms with Gasteiger partial charge in [-0.25, -0.2) is 9.97 Å². The Morgan fingerprint density at radius 2 is 2.26 bits per heavy atom. The maximum atomic E-state index is 9.33. The van der Waals surface area contributed by atoms with Crippen LogP contribution in [0, 0.1) is 5.92 Å². The van der Waals surface area contributed by atoms with E-state index in [1.165, 1.54) is 0 Å². The van der Waals surface area contributed by atoms with Crippen LogP contribution in [-0.4, -0.2) is 34.8 Å². The van der Waals surface area contributed by atoms with Gasteiger partial charge in [0.1, 0.15) is 12.1 Å². The van der Waals surface area contributed by atoms with Gasteiger partial charge >= 0.3 is 0 Å². The van der Waals surface area contributed by atoms with Gasteiger partial charge in [-0.2, -0.15) is 0 Å². The summed E-state index contributed by atoms with van der Waals surface area (Å²) in [5.41, 5.74) is 0.864. The number of hydrogen-bond acceptors (Lipinski definition) is 4. The summed E-state index contributed by atoms with van der Waals surface area (Å²) >= 11 is 6.00. The molecule has 0 amide bonds. The van der Waals surface area contributed by atoms with E-state index in [4.69, 9.17) is 11.6 Å². The lowest BCUT2D eigenvalue weighted by atomic mass is 9.99. The third kappa shape index (κ3) is 2.51. The highest BCUT2D eigenvalue weighted by Gasteiger charge is 2.21. The summed E-state index contributed by atoms with van der Waals surface area (Å²) in [5, 5.41) is 11.0. The summed E-state index contributed by atoms with van der Waals surface area (Å²) < 4.78 is 0. The van der Waals surface area contributed by atoms with Gasteiger partial charge in [0.2, 0.25) is 0 Å². The second-order valence-corrected chi connectivity index (χ2v) is 5.43. The second-order valence-electron chi connectivity index (χ2n) is 5.00. The molecule has 1 saturated heterocycles. The van der Waals surface area contributed by atoms with Gasteiger partial charge in [0.05, 0.1) is 5.52 Å². The molecule has 1 aromatic heterocycles. The Balaban J connectivity index is 2.00. The van der Waals surface area contributed by atoms with Crippen LogP contribution in [0.2, 0.25) is 5.02 Å². The van der Waals surface area contributed by atoms with Crippen molar-refractivity contribution in [3.05, 3.63) is 29.5 Å². The van der Waals surface area contributed by atoms with E-state index in [1.807, 2.05) is 18.2 Å². The second kappa shape index (κ2) is 5.31. The average Bonchev–Trinajstić information content (AvgIpc) is 2.46. The molecule has 0 radical (unpaired) electrons. The fourth-order valence-corrected chi connectivity index (χ4v) is 2.84. The van der Waals surface area contributed by atoms with Crippen LogP contribution in [0.3, 0.4) is 0 Å². The smallest absolute Gasteiger partial charge is 0.139 e. The summed E-state index contributed by atoms with van der Waals surface area (Å²) in [6.45, 7) is 2.07.